The molecule has 1 N–H and O–H groups in total. The first-order valence-electron chi connectivity index (χ1n) is 8.27. The quantitative estimate of drug-likeness (QED) is 0.421. The van der Waals surface area contributed by atoms with Gasteiger partial charge in [-0.3, -0.25) is 14.9 Å². The van der Waals surface area contributed by atoms with E-state index >= 15 is 0 Å². The highest BCUT2D eigenvalue weighted by Crippen LogP contribution is 2.25. The number of hydrogen-bond acceptors (Lipinski definition) is 6. The van der Waals surface area contributed by atoms with Crippen LogP contribution in [0.5, 0.6) is 5.75 Å². The molecular formula is C19H19FN2O6. The van der Waals surface area contributed by atoms with Gasteiger partial charge in [-0.15, -0.1) is 0 Å². The van der Waals surface area contributed by atoms with Crippen LogP contribution in [-0.4, -0.2) is 37.1 Å². The highest BCUT2D eigenvalue weighted by molar-refractivity contribution is 5.86. The van der Waals surface area contributed by atoms with E-state index in [-0.39, 0.29) is 18.5 Å². The molecule has 2 aromatic rings. The van der Waals surface area contributed by atoms with Crippen molar-refractivity contribution in [3.05, 3.63) is 69.5 Å². The lowest BCUT2D eigenvalue weighted by atomic mass is 10.0. The molecule has 0 heterocycles. The Morgan fingerprint density at radius 1 is 1.18 bits per heavy atom. The van der Waals surface area contributed by atoms with E-state index < -0.39 is 28.7 Å². The standard InChI is InChI=1S/C19H19FN2O6/c1-27-17-8-7-15(22(25)26)10-13(17)11-16(19(24)28-2)21-18(23)9-12-3-5-14(20)6-4-12/h3-8,10,16H,9,11H2,1-2H3,(H,21,23)/t16-/m0/s1. The first kappa shape index (κ1) is 20.8. The van der Waals surface area contributed by atoms with Crippen molar-refractivity contribution in [2.45, 2.75) is 18.9 Å². The van der Waals surface area contributed by atoms with E-state index in [9.17, 15) is 24.1 Å². The number of rotatable bonds is 8. The van der Waals surface area contributed by atoms with Crippen LogP contribution in [0.2, 0.25) is 0 Å². The number of non-ortho nitro benzene ring substituents is 1. The largest absolute Gasteiger partial charge is 0.496 e. The van der Waals surface area contributed by atoms with Crippen molar-refractivity contribution in [3.63, 3.8) is 0 Å². The summed E-state index contributed by atoms with van der Waals surface area (Å²) in [6.45, 7) is 0. The number of hydrogen-bond donors (Lipinski definition) is 1. The fourth-order valence-electron chi connectivity index (χ4n) is 2.63. The number of esters is 1. The molecule has 9 heteroatoms. The van der Waals surface area contributed by atoms with Crippen molar-refractivity contribution in [1.29, 1.82) is 0 Å². The molecule has 148 valence electrons. The SMILES string of the molecule is COC(=O)[C@H](Cc1cc([N+](=O)[O-])ccc1OC)NC(=O)Cc1ccc(F)cc1. The third-order valence-corrected chi connectivity index (χ3v) is 4.00. The first-order chi connectivity index (χ1) is 13.3. The molecule has 0 saturated heterocycles. The van der Waals surface area contributed by atoms with Crippen LogP contribution in [0.1, 0.15) is 11.1 Å². The van der Waals surface area contributed by atoms with Crippen LogP contribution in [0.3, 0.4) is 0 Å². The molecule has 0 fully saturated rings. The Morgan fingerprint density at radius 3 is 2.43 bits per heavy atom. The van der Waals surface area contributed by atoms with Gasteiger partial charge in [0.05, 0.1) is 25.6 Å². The van der Waals surface area contributed by atoms with Crippen molar-refractivity contribution in [2.75, 3.05) is 14.2 Å². The Morgan fingerprint density at radius 2 is 1.86 bits per heavy atom. The molecule has 0 spiro atoms. The molecule has 2 aromatic carbocycles. The molecule has 0 unspecified atom stereocenters. The number of carbonyl (C=O) groups is 2. The van der Waals surface area contributed by atoms with Crippen LogP contribution >= 0.6 is 0 Å². The van der Waals surface area contributed by atoms with Crippen molar-refractivity contribution in [2.24, 2.45) is 0 Å². The zero-order chi connectivity index (χ0) is 20.7. The second kappa shape index (κ2) is 9.45. The number of nitrogens with one attached hydrogen (secondary N) is 1. The summed E-state index contributed by atoms with van der Waals surface area (Å²) in [5, 5.41) is 13.6. The maximum atomic E-state index is 13.0. The number of carbonyl (C=O) groups excluding carboxylic acids is 2. The third kappa shape index (κ3) is 5.50. The molecule has 1 atom stereocenters. The summed E-state index contributed by atoms with van der Waals surface area (Å²) in [4.78, 5) is 34.8. The number of benzene rings is 2. The number of halogens is 1. The number of nitrogens with zero attached hydrogens (tertiary/aromatic N) is 1. The van der Waals surface area contributed by atoms with Crippen LogP contribution in [-0.2, 0) is 27.2 Å². The van der Waals surface area contributed by atoms with E-state index in [0.29, 0.717) is 16.9 Å². The maximum absolute atomic E-state index is 13.0. The zero-order valence-electron chi connectivity index (χ0n) is 15.3. The van der Waals surface area contributed by atoms with E-state index in [1.54, 1.807) is 0 Å². The molecule has 0 radical (unpaired) electrons. The molecule has 0 bridgehead atoms. The molecule has 0 aromatic heterocycles. The molecule has 2 rings (SSSR count). The van der Waals surface area contributed by atoms with Crippen molar-refractivity contribution >= 4 is 17.6 Å². The van der Waals surface area contributed by atoms with Gasteiger partial charge in [0, 0.05) is 24.1 Å². The second-order valence-corrected chi connectivity index (χ2v) is 5.90. The number of amides is 1. The fourth-order valence-corrected chi connectivity index (χ4v) is 2.63. The molecular weight excluding hydrogens is 371 g/mol. The average Bonchev–Trinajstić information content (AvgIpc) is 2.68. The minimum absolute atomic E-state index is 0.0628. The van der Waals surface area contributed by atoms with Crippen molar-refractivity contribution < 1.29 is 28.4 Å². The van der Waals surface area contributed by atoms with Gasteiger partial charge in [-0.2, -0.15) is 0 Å². The monoisotopic (exact) mass is 390 g/mol. The lowest BCUT2D eigenvalue weighted by Crippen LogP contribution is -2.43. The molecule has 8 nitrogen and oxygen atoms in total. The van der Waals surface area contributed by atoms with E-state index in [0.717, 1.165) is 0 Å². The van der Waals surface area contributed by atoms with E-state index in [4.69, 9.17) is 9.47 Å². The Bertz CT molecular complexity index is 869. The number of methoxy groups -OCH3 is 2. The fraction of sp³-hybridized carbons (Fsp3) is 0.263. The minimum Gasteiger partial charge on any atom is -0.496 e. The Hall–Kier alpha value is -3.49. The van der Waals surface area contributed by atoms with Crippen LogP contribution in [0.15, 0.2) is 42.5 Å². The normalized spacial score (nSPS) is 11.4. The Balaban J connectivity index is 2.18. The predicted molar refractivity (Wildman–Crippen MR) is 97.4 cm³/mol. The molecule has 0 aliphatic rings. The molecule has 0 saturated carbocycles. The zero-order valence-corrected chi connectivity index (χ0v) is 15.3. The first-order valence-corrected chi connectivity index (χ1v) is 8.27. The lowest BCUT2D eigenvalue weighted by molar-refractivity contribution is -0.384. The summed E-state index contributed by atoms with van der Waals surface area (Å²) < 4.78 is 22.9. The summed E-state index contributed by atoms with van der Waals surface area (Å²) in [7, 11) is 2.57. The van der Waals surface area contributed by atoms with Crippen LogP contribution in [0.4, 0.5) is 10.1 Å². The summed E-state index contributed by atoms with van der Waals surface area (Å²) in [5.41, 5.74) is 0.765. The second-order valence-electron chi connectivity index (χ2n) is 5.90. The Kier molecular flexibility index (Phi) is 7.02. The number of nitro benzene ring substituents is 1. The number of nitro groups is 1. The Labute approximate surface area is 160 Å². The van der Waals surface area contributed by atoms with Gasteiger partial charge in [0.2, 0.25) is 5.91 Å². The van der Waals surface area contributed by atoms with Crippen LogP contribution in [0, 0.1) is 15.9 Å². The van der Waals surface area contributed by atoms with Crippen LogP contribution < -0.4 is 10.1 Å². The van der Waals surface area contributed by atoms with E-state index in [1.165, 1.54) is 56.7 Å². The molecule has 1 amide bonds. The third-order valence-electron chi connectivity index (χ3n) is 4.00. The van der Waals surface area contributed by atoms with Crippen LogP contribution in [0.25, 0.3) is 0 Å². The minimum atomic E-state index is -1.08. The lowest BCUT2D eigenvalue weighted by Gasteiger charge is -2.18. The topological polar surface area (TPSA) is 108 Å². The molecule has 0 aliphatic carbocycles. The highest BCUT2D eigenvalue weighted by Gasteiger charge is 2.24. The van der Waals surface area contributed by atoms with Crippen molar-refractivity contribution in [1.82, 2.24) is 5.32 Å². The van der Waals surface area contributed by atoms with Gasteiger partial charge in [-0.25, -0.2) is 9.18 Å². The van der Waals surface area contributed by atoms with E-state index in [2.05, 4.69) is 5.32 Å². The molecule has 28 heavy (non-hydrogen) atoms. The highest BCUT2D eigenvalue weighted by atomic mass is 19.1. The van der Waals surface area contributed by atoms with Gasteiger partial charge in [0.25, 0.3) is 5.69 Å². The smallest absolute Gasteiger partial charge is 0.328 e. The summed E-state index contributed by atoms with van der Waals surface area (Å²) in [6.07, 6.45) is -0.132. The van der Waals surface area contributed by atoms with Crippen molar-refractivity contribution in [3.8, 4) is 5.75 Å². The van der Waals surface area contributed by atoms with Gasteiger partial charge < -0.3 is 14.8 Å². The van der Waals surface area contributed by atoms with E-state index in [1.807, 2.05) is 0 Å². The summed E-state index contributed by atoms with van der Waals surface area (Å²) in [6, 6.07) is 8.29. The van der Waals surface area contributed by atoms with Gasteiger partial charge in [-0.05, 0) is 23.8 Å². The van der Waals surface area contributed by atoms with Gasteiger partial charge in [-0.1, -0.05) is 12.1 Å². The predicted octanol–water partition coefficient (Wildman–Crippen LogP) is 2.19. The van der Waals surface area contributed by atoms with Gasteiger partial charge in [0.1, 0.15) is 17.6 Å². The van der Waals surface area contributed by atoms with Gasteiger partial charge >= 0.3 is 5.97 Å². The summed E-state index contributed by atoms with van der Waals surface area (Å²) >= 11 is 0. The van der Waals surface area contributed by atoms with Gasteiger partial charge in [0.15, 0.2) is 0 Å². The molecule has 0 aliphatic heterocycles. The summed E-state index contributed by atoms with van der Waals surface area (Å²) in [5.74, 6) is -1.27. The number of ether oxygens (including phenoxy) is 2. The average molecular weight is 390 g/mol. The maximum Gasteiger partial charge on any atom is 0.328 e.